The summed E-state index contributed by atoms with van der Waals surface area (Å²) in [6, 6.07) is 0. The molecule has 26 heavy (non-hydrogen) atoms. The van der Waals surface area contributed by atoms with Crippen molar-refractivity contribution < 1.29 is 23.5 Å². The summed E-state index contributed by atoms with van der Waals surface area (Å²) in [5, 5.41) is 10.1. The van der Waals surface area contributed by atoms with Crippen molar-refractivity contribution in [1.29, 1.82) is 0 Å². The molecular weight excluding hydrogens is 338 g/mol. The van der Waals surface area contributed by atoms with E-state index in [2.05, 4.69) is 6.92 Å². The molecule has 1 N–H and O–H groups in total. The maximum absolute atomic E-state index is 13.9. The largest absolute Gasteiger partial charge is 0.392 e. The topological polar surface area (TPSA) is 54.4 Å². The van der Waals surface area contributed by atoms with Crippen molar-refractivity contribution in [2.75, 3.05) is 0 Å². The molecule has 1 saturated carbocycles. The molecule has 0 bridgehead atoms. The average Bonchev–Trinajstić information content (AvgIpc) is 2.85. The second-order valence-corrected chi connectivity index (χ2v) is 7.83. The molecule has 0 aromatic rings. The zero-order valence-corrected chi connectivity index (χ0v) is 16.4. The number of hydrogen-bond donors (Lipinski definition) is 1. The molecule has 1 aliphatic carbocycles. The molecule has 0 radical (unpaired) electrons. The van der Waals surface area contributed by atoms with Crippen molar-refractivity contribution in [3.8, 4) is 0 Å². The van der Waals surface area contributed by atoms with Gasteiger partial charge in [0.2, 0.25) is 5.78 Å². The molecule has 3 nitrogen and oxygen atoms in total. The lowest BCUT2D eigenvalue weighted by Crippen LogP contribution is -2.30. The quantitative estimate of drug-likeness (QED) is 0.410. The van der Waals surface area contributed by atoms with Gasteiger partial charge >= 0.3 is 5.92 Å². The van der Waals surface area contributed by atoms with Gasteiger partial charge in [0.25, 0.3) is 0 Å². The van der Waals surface area contributed by atoms with E-state index in [-0.39, 0.29) is 36.9 Å². The minimum atomic E-state index is -3.28. The Balaban J connectivity index is 2.48. The van der Waals surface area contributed by atoms with Crippen LogP contribution >= 0.6 is 0 Å². The number of ketones is 2. The molecule has 0 spiro atoms. The zero-order valence-electron chi connectivity index (χ0n) is 16.4. The van der Waals surface area contributed by atoms with Crippen LogP contribution in [0.2, 0.25) is 0 Å². The van der Waals surface area contributed by atoms with E-state index < -0.39 is 24.2 Å². The number of Topliss-reactive ketones (excluding diaryl/α,β-unsaturated/α-hetero) is 2. The highest BCUT2D eigenvalue weighted by Gasteiger charge is 2.43. The molecule has 5 heteroatoms. The van der Waals surface area contributed by atoms with Gasteiger partial charge in [0.15, 0.2) is 0 Å². The van der Waals surface area contributed by atoms with E-state index in [1.165, 1.54) is 6.42 Å². The monoisotopic (exact) mass is 374 g/mol. The van der Waals surface area contributed by atoms with Crippen LogP contribution in [-0.2, 0) is 9.59 Å². The summed E-state index contributed by atoms with van der Waals surface area (Å²) >= 11 is 0. The number of aliphatic hydroxyl groups is 1. The lowest BCUT2D eigenvalue weighted by molar-refractivity contribution is -0.144. The van der Waals surface area contributed by atoms with Gasteiger partial charge in [0, 0.05) is 25.2 Å². The van der Waals surface area contributed by atoms with Gasteiger partial charge in [-0.15, -0.1) is 0 Å². The Labute approximate surface area is 156 Å². The van der Waals surface area contributed by atoms with Gasteiger partial charge in [0.05, 0.1) is 6.10 Å². The summed E-state index contributed by atoms with van der Waals surface area (Å²) in [4.78, 5) is 24.1. The van der Waals surface area contributed by atoms with Crippen molar-refractivity contribution in [2.24, 2.45) is 11.8 Å². The standard InChI is InChI=1S/C21H36F2O3/c1-3-5-7-8-9-11-16-17(19(25)15-18(16)24)12-13-20(26)21(22,23)14-10-6-4-2/h16-17,19,25H,3-15H2,1-2H3/t16-,17-,19-/m1/s1. The fourth-order valence-corrected chi connectivity index (χ4v) is 3.97. The average molecular weight is 375 g/mol. The first kappa shape index (κ1) is 23.2. The molecule has 0 heterocycles. The summed E-state index contributed by atoms with van der Waals surface area (Å²) in [6.45, 7) is 4.07. The van der Waals surface area contributed by atoms with E-state index in [1.54, 1.807) is 0 Å². The third-order valence-electron chi connectivity index (χ3n) is 5.66. The van der Waals surface area contributed by atoms with E-state index in [0.717, 1.165) is 32.1 Å². The smallest absolute Gasteiger partial charge is 0.305 e. The molecule has 1 aliphatic rings. The van der Waals surface area contributed by atoms with Gasteiger partial charge in [-0.05, 0) is 25.2 Å². The Morgan fingerprint density at radius 1 is 1.04 bits per heavy atom. The maximum Gasteiger partial charge on any atom is 0.305 e. The molecule has 3 atom stereocenters. The Hall–Kier alpha value is -0.840. The zero-order chi connectivity index (χ0) is 19.6. The highest BCUT2D eigenvalue weighted by molar-refractivity contribution is 5.86. The van der Waals surface area contributed by atoms with Crippen LogP contribution < -0.4 is 0 Å². The van der Waals surface area contributed by atoms with Crippen LogP contribution in [0.3, 0.4) is 0 Å². The van der Waals surface area contributed by atoms with Crippen LogP contribution in [0.15, 0.2) is 0 Å². The molecule has 152 valence electrons. The van der Waals surface area contributed by atoms with Crippen molar-refractivity contribution in [3.05, 3.63) is 0 Å². The predicted molar refractivity (Wildman–Crippen MR) is 99.3 cm³/mol. The van der Waals surface area contributed by atoms with E-state index in [9.17, 15) is 23.5 Å². The van der Waals surface area contributed by atoms with Crippen molar-refractivity contribution in [1.82, 2.24) is 0 Å². The molecule has 1 fully saturated rings. The Bertz CT molecular complexity index is 437. The highest BCUT2D eigenvalue weighted by atomic mass is 19.3. The Kier molecular flexibility index (Phi) is 10.5. The third kappa shape index (κ3) is 7.42. The first-order valence-electron chi connectivity index (χ1n) is 10.4. The van der Waals surface area contributed by atoms with Gasteiger partial charge < -0.3 is 5.11 Å². The van der Waals surface area contributed by atoms with Gasteiger partial charge in [-0.1, -0.05) is 58.8 Å². The molecule has 0 aliphatic heterocycles. The lowest BCUT2D eigenvalue weighted by atomic mass is 9.85. The first-order valence-corrected chi connectivity index (χ1v) is 10.4. The van der Waals surface area contributed by atoms with Crippen LogP contribution in [0, 0.1) is 11.8 Å². The van der Waals surface area contributed by atoms with E-state index in [4.69, 9.17) is 0 Å². The third-order valence-corrected chi connectivity index (χ3v) is 5.66. The fraction of sp³-hybridized carbons (Fsp3) is 0.905. The van der Waals surface area contributed by atoms with Gasteiger partial charge in [-0.3, -0.25) is 9.59 Å². The minimum Gasteiger partial charge on any atom is -0.392 e. The molecule has 0 aromatic heterocycles. The lowest BCUT2D eigenvalue weighted by Gasteiger charge is -2.22. The number of unbranched alkanes of at least 4 members (excludes halogenated alkanes) is 6. The second kappa shape index (κ2) is 11.8. The van der Waals surface area contributed by atoms with Crippen LogP contribution in [-0.4, -0.2) is 28.7 Å². The summed E-state index contributed by atoms with van der Waals surface area (Å²) in [6.07, 6.45) is 6.86. The summed E-state index contributed by atoms with van der Waals surface area (Å²) in [5.74, 6) is -4.91. The van der Waals surface area contributed by atoms with E-state index in [0.29, 0.717) is 19.3 Å². The van der Waals surface area contributed by atoms with Crippen molar-refractivity contribution in [3.63, 3.8) is 0 Å². The molecule has 0 saturated heterocycles. The summed E-state index contributed by atoms with van der Waals surface area (Å²) in [5.41, 5.74) is 0. The van der Waals surface area contributed by atoms with Gasteiger partial charge in [-0.25, -0.2) is 0 Å². The first-order chi connectivity index (χ1) is 12.3. The molecule has 0 unspecified atom stereocenters. The van der Waals surface area contributed by atoms with Crippen LogP contribution in [0.25, 0.3) is 0 Å². The highest BCUT2D eigenvalue weighted by Crippen LogP contribution is 2.37. The van der Waals surface area contributed by atoms with Crippen molar-refractivity contribution >= 4 is 11.6 Å². The predicted octanol–water partition coefficient (Wildman–Crippen LogP) is 5.48. The number of carbonyl (C=O) groups is 2. The number of alkyl halides is 2. The van der Waals surface area contributed by atoms with Crippen LogP contribution in [0.4, 0.5) is 8.78 Å². The van der Waals surface area contributed by atoms with Gasteiger partial charge in [0.1, 0.15) is 5.78 Å². The van der Waals surface area contributed by atoms with E-state index in [1.807, 2.05) is 6.92 Å². The Morgan fingerprint density at radius 2 is 1.65 bits per heavy atom. The summed E-state index contributed by atoms with van der Waals surface area (Å²) < 4.78 is 27.9. The Morgan fingerprint density at radius 3 is 2.31 bits per heavy atom. The van der Waals surface area contributed by atoms with Crippen molar-refractivity contribution in [2.45, 2.75) is 109 Å². The van der Waals surface area contributed by atoms with Crippen LogP contribution in [0.5, 0.6) is 0 Å². The molecule has 0 amide bonds. The molecule has 1 rings (SSSR count). The number of carbonyl (C=O) groups excluding carboxylic acids is 2. The number of rotatable bonds is 14. The minimum absolute atomic E-state index is 0.0279. The normalized spacial score (nSPS) is 23.6. The number of aliphatic hydroxyl groups excluding tert-OH is 1. The fourth-order valence-electron chi connectivity index (χ4n) is 3.97. The molecular formula is C21H36F2O3. The summed E-state index contributed by atoms with van der Waals surface area (Å²) in [7, 11) is 0. The number of halogens is 2. The second-order valence-electron chi connectivity index (χ2n) is 7.83. The SMILES string of the molecule is CCCCCCC[C@H]1C(=O)C[C@@H](O)[C@@H]1CCC(=O)C(F)(F)CCCCC. The van der Waals surface area contributed by atoms with Crippen LogP contribution in [0.1, 0.15) is 97.3 Å². The number of hydrogen-bond acceptors (Lipinski definition) is 3. The maximum atomic E-state index is 13.9. The molecule has 0 aromatic carbocycles. The van der Waals surface area contributed by atoms with E-state index >= 15 is 0 Å². The van der Waals surface area contributed by atoms with Gasteiger partial charge in [-0.2, -0.15) is 8.78 Å².